The van der Waals surface area contributed by atoms with Gasteiger partial charge >= 0.3 is 0 Å². The molecule has 5 rings (SSSR count). The Morgan fingerprint density at radius 2 is 1.64 bits per heavy atom. The molecule has 5 unspecified atom stereocenters. The van der Waals surface area contributed by atoms with Crippen molar-refractivity contribution in [2.24, 2.45) is 4.99 Å². The highest BCUT2D eigenvalue weighted by Crippen LogP contribution is 2.42. The van der Waals surface area contributed by atoms with Crippen LogP contribution in [0.1, 0.15) is 24.7 Å². The molecule has 0 aliphatic carbocycles. The molecule has 0 bridgehead atoms. The molecule has 0 saturated carbocycles. The number of aliphatic imine (C=N–C) groups is 1. The van der Waals surface area contributed by atoms with Crippen LogP contribution in [0.2, 0.25) is 0 Å². The lowest BCUT2D eigenvalue weighted by Gasteiger charge is -2.45. The van der Waals surface area contributed by atoms with Crippen LogP contribution in [0.5, 0.6) is 0 Å². The standard InChI is InChI=1S/C26H32N8O7S/c1-4-14(27-5-2)16-10-33(31-29-16)19-21(36)13(3)40-25(23(19)38)42-26-24(39)20(22(37)18(12-35)41-26)34-11-17(30-32-34)15-8-6-7-9-28-15/h4-11,13,18-26,35-39H,1-2,12H2,3H3/b27-14+/t13-,18?,19?,20?,21?,22+,23-,24?,25+,26+/m1/s1. The van der Waals surface area contributed by atoms with E-state index < -0.39 is 66.2 Å². The maximum Gasteiger partial charge on any atom is 0.134 e. The number of aliphatic hydroxyl groups is 5. The van der Waals surface area contributed by atoms with E-state index in [1.165, 1.54) is 34.0 Å². The first-order valence-electron chi connectivity index (χ1n) is 13.1. The Bertz CT molecular complexity index is 1400. The average molecular weight is 601 g/mol. The molecular weight excluding hydrogens is 568 g/mol. The minimum absolute atomic E-state index is 0.360. The molecule has 42 heavy (non-hydrogen) atoms. The van der Waals surface area contributed by atoms with E-state index in [9.17, 15) is 25.5 Å². The molecule has 3 aromatic rings. The second-order valence-corrected chi connectivity index (χ2v) is 11.0. The number of rotatable bonds is 9. The van der Waals surface area contributed by atoms with Gasteiger partial charge in [0, 0.05) is 12.4 Å². The Hall–Kier alpha value is -3.35. The van der Waals surface area contributed by atoms with E-state index >= 15 is 0 Å². The third kappa shape index (κ3) is 5.80. The average Bonchev–Trinajstić information content (AvgIpc) is 3.67. The lowest BCUT2D eigenvalue weighted by molar-refractivity contribution is -0.183. The van der Waals surface area contributed by atoms with Gasteiger partial charge in [-0.2, -0.15) is 0 Å². The SMILES string of the molecule is C=C/N=C(\C=C)c1cn(C2C(O)[C@@H](C)O[C@@H](S[C@@H]3OC(CO)[C@H](O)C(n4cc(-c5ccccn5)nn4)C3O)[C@@H]2O)nn1. The summed E-state index contributed by atoms with van der Waals surface area (Å²) in [6, 6.07) is 3.27. The van der Waals surface area contributed by atoms with Crippen molar-refractivity contribution in [2.75, 3.05) is 6.61 Å². The van der Waals surface area contributed by atoms with Crippen LogP contribution in [0.25, 0.3) is 11.4 Å². The summed E-state index contributed by atoms with van der Waals surface area (Å²) in [5.74, 6) is 0. The quantitative estimate of drug-likeness (QED) is 0.196. The number of thioether (sulfide) groups is 1. The molecule has 0 radical (unpaired) electrons. The van der Waals surface area contributed by atoms with E-state index in [4.69, 9.17) is 9.47 Å². The van der Waals surface area contributed by atoms with Crippen molar-refractivity contribution in [1.82, 2.24) is 35.0 Å². The fourth-order valence-electron chi connectivity index (χ4n) is 4.98. The van der Waals surface area contributed by atoms with E-state index in [-0.39, 0.29) is 0 Å². The van der Waals surface area contributed by atoms with Crippen molar-refractivity contribution >= 4 is 17.5 Å². The smallest absolute Gasteiger partial charge is 0.134 e. The van der Waals surface area contributed by atoms with Crippen molar-refractivity contribution < 1.29 is 35.0 Å². The van der Waals surface area contributed by atoms with E-state index in [2.05, 4.69) is 43.8 Å². The lowest BCUT2D eigenvalue weighted by atomic mass is 9.97. The van der Waals surface area contributed by atoms with Crippen molar-refractivity contribution in [3.05, 3.63) is 67.9 Å². The van der Waals surface area contributed by atoms with Crippen LogP contribution in [-0.2, 0) is 9.47 Å². The van der Waals surface area contributed by atoms with Crippen LogP contribution in [-0.4, -0.2) is 120 Å². The zero-order chi connectivity index (χ0) is 30.0. The van der Waals surface area contributed by atoms with Crippen molar-refractivity contribution in [3.63, 3.8) is 0 Å². The summed E-state index contributed by atoms with van der Waals surface area (Å²) >= 11 is 0.944. The summed E-state index contributed by atoms with van der Waals surface area (Å²) < 4.78 is 14.4. The van der Waals surface area contributed by atoms with Crippen molar-refractivity contribution in [3.8, 4) is 11.4 Å². The number of nitrogens with zero attached hydrogens (tertiary/aromatic N) is 8. The van der Waals surface area contributed by atoms with Gasteiger partial charge in [-0.15, -0.1) is 10.2 Å². The first-order valence-corrected chi connectivity index (χ1v) is 14.1. The van der Waals surface area contributed by atoms with Crippen molar-refractivity contribution in [2.45, 2.75) is 66.5 Å². The number of ether oxygens (including phenoxy) is 2. The maximum absolute atomic E-state index is 11.4. The summed E-state index contributed by atoms with van der Waals surface area (Å²) in [5, 5.41) is 71.0. The van der Waals surface area contributed by atoms with E-state index in [1.807, 2.05) is 0 Å². The van der Waals surface area contributed by atoms with Gasteiger partial charge in [-0.3, -0.25) is 9.98 Å². The van der Waals surface area contributed by atoms with Gasteiger partial charge in [-0.25, -0.2) is 9.36 Å². The molecule has 16 heteroatoms. The lowest BCUT2D eigenvalue weighted by Crippen LogP contribution is -2.57. The van der Waals surface area contributed by atoms with Gasteiger partial charge in [0.25, 0.3) is 0 Å². The second-order valence-electron chi connectivity index (χ2n) is 9.80. The number of aliphatic hydroxyl groups excluding tert-OH is 5. The first-order chi connectivity index (χ1) is 20.3. The van der Waals surface area contributed by atoms with Crippen LogP contribution < -0.4 is 0 Å². The fraction of sp³-hybridized carbons (Fsp3) is 0.462. The number of pyridine rings is 1. The number of allylic oxidation sites excluding steroid dienone is 1. The number of aromatic nitrogens is 7. The van der Waals surface area contributed by atoms with Gasteiger partial charge in [-0.1, -0.05) is 41.4 Å². The van der Waals surface area contributed by atoms with Gasteiger partial charge < -0.3 is 35.0 Å². The zero-order valence-corrected chi connectivity index (χ0v) is 23.4. The highest BCUT2D eigenvalue weighted by atomic mass is 32.2. The number of hydrogen-bond acceptors (Lipinski definition) is 14. The molecular formula is C26H32N8O7S. The molecule has 2 saturated heterocycles. The largest absolute Gasteiger partial charge is 0.394 e. The molecule has 224 valence electrons. The van der Waals surface area contributed by atoms with Crippen LogP contribution in [0.15, 0.2) is 67.2 Å². The Morgan fingerprint density at radius 3 is 2.31 bits per heavy atom. The summed E-state index contributed by atoms with van der Waals surface area (Å²) in [7, 11) is 0. The Balaban J connectivity index is 1.38. The van der Waals surface area contributed by atoms with E-state index in [0.717, 1.165) is 11.8 Å². The fourth-order valence-corrected chi connectivity index (χ4v) is 6.33. The summed E-state index contributed by atoms with van der Waals surface area (Å²) in [6.45, 7) is 8.36. The van der Waals surface area contributed by atoms with Crippen LogP contribution in [0.4, 0.5) is 0 Å². The molecule has 3 aromatic heterocycles. The van der Waals surface area contributed by atoms with Gasteiger partial charge in [0.05, 0.1) is 36.5 Å². The molecule has 2 fully saturated rings. The molecule has 5 N–H and O–H groups in total. The Kier molecular flexibility index (Phi) is 9.24. The van der Waals surface area contributed by atoms with E-state index in [1.54, 1.807) is 31.3 Å². The molecule has 0 spiro atoms. The minimum atomic E-state index is -1.37. The summed E-state index contributed by atoms with van der Waals surface area (Å²) in [6.07, 6.45) is 0.432. The Labute approximate surface area is 244 Å². The van der Waals surface area contributed by atoms with Gasteiger partial charge in [-0.05, 0) is 25.1 Å². The van der Waals surface area contributed by atoms with Crippen LogP contribution >= 0.6 is 11.8 Å². The number of hydrogen-bond donors (Lipinski definition) is 5. The molecule has 15 nitrogen and oxygen atoms in total. The second kappa shape index (κ2) is 12.9. The summed E-state index contributed by atoms with van der Waals surface area (Å²) in [5.41, 5.74) is -0.360. The van der Waals surface area contributed by atoms with Crippen LogP contribution in [0.3, 0.4) is 0 Å². The van der Waals surface area contributed by atoms with Gasteiger partial charge in [0.1, 0.15) is 64.9 Å². The third-order valence-electron chi connectivity index (χ3n) is 7.17. The molecule has 2 aliphatic rings. The zero-order valence-electron chi connectivity index (χ0n) is 22.6. The highest BCUT2D eigenvalue weighted by molar-refractivity contribution is 8.00. The molecule has 5 heterocycles. The third-order valence-corrected chi connectivity index (χ3v) is 8.49. The predicted octanol–water partition coefficient (Wildman–Crippen LogP) is -0.529. The first kappa shape index (κ1) is 30.1. The van der Waals surface area contributed by atoms with Crippen LogP contribution in [0, 0.1) is 0 Å². The Morgan fingerprint density at radius 1 is 0.952 bits per heavy atom. The van der Waals surface area contributed by atoms with Gasteiger partial charge in [0.2, 0.25) is 0 Å². The maximum atomic E-state index is 11.4. The normalized spacial score (nSPS) is 33.8. The minimum Gasteiger partial charge on any atom is -0.394 e. The monoisotopic (exact) mass is 600 g/mol. The van der Waals surface area contributed by atoms with Crippen molar-refractivity contribution in [1.29, 1.82) is 0 Å². The predicted molar refractivity (Wildman–Crippen MR) is 150 cm³/mol. The summed E-state index contributed by atoms with van der Waals surface area (Å²) in [4.78, 5) is 8.34. The molecule has 0 aromatic carbocycles. The topological polar surface area (TPSA) is 206 Å². The highest BCUT2D eigenvalue weighted by Gasteiger charge is 2.51. The molecule has 0 amide bonds. The van der Waals surface area contributed by atoms with E-state index in [0.29, 0.717) is 22.8 Å². The molecule has 10 atom stereocenters. The van der Waals surface area contributed by atoms with Gasteiger partial charge in [0.15, 0.2) is 0 Å². The molecule has 2 aliphatic heterocycles.